The zero-order valence-electron chi connectivity index (χ0n) is 11.9. The highest BCUT2D eigenvalue weighted by Gasteiger charge is 2.21. The van der Waals surface area contributed by atoms with Crippen LogP contribution in [0.4, 0.5) is 5.82 Å². The quantitative estimate of drug-likeness (QED) is 0.736. The van der Waals surface area contributed by atoms with E-state index in [9.17, 15) is 5.26 Å². The predicted molar refractivity (Wildman–Crippen MR) is 75.2 cm³/mol. The van der Waals surface area contributed by atoms with Gasteiger partial charge < -0.3 is 9.64 Å². The molecule has 0 amide bonds. The van der Waals surface area contributed by atoms with Crippen LogP contribution >= 0.6 is 0 Å². The van der Waals surface area contributed by atoms with Crippen molar-refractivity contribution in [3.8, 4) is 6.07 Å². The molecule has 0 bridgehead atoms. The van der Waals surface area contributed by atoms with Crippen LogP contribution in [-0.4, -0.2) is 31.8 Å². The number of hydrogen-bond acceptors (Lipinski definition) is 4. The van der Waals surface area contributed by atoms with E-state index in [1.165, 1.54) is 12.8 Å². The molecule has 4 nitrogen and oxygen atoms in total. The molecule has 1 aliphatic carbocycles. The Kier molecular flexibility index (Phi) is 4.39. The Labute approximate surface area is 115 Å². The summed E-state index contributed by atoms with van der Waals surface area (Å²) in [5, 5.41) is 9.24. The molecule has 0 unspecified atom stereocenters. The second-order valence-electron chi connectivity index (χ2n) is 5.33. The van der Waals surface area contributed by atoms with Gasteiger partial charge in [0, 0.05) is 25.9 Å². The summed E-state index contributed by atoms with van der Waals surface area (Å²) in [5.41, 5.74) is 2.59. The van der Waals surface area contributed by atoms with Crippen molar-refractivity contribution >= 4 is 5.82 Å². The standard InChI is InChI=1S/C15H21N3O/c1-11-8-12(2)17-15(14(11)9-16)18(3)6-7-19-10-13-4-5-13/h8,13H,4-7,10H2,1-3H3. The molecule has 1 saturated carbocycles. The van der Waals surface area contributed by atoms with E-state index in [2.05, 4.69) is 11.1 Å². The van der Waals surface area contributed by atoms with Gasteiger partial charge in [-0.25, -0.2) is 4.98 Å². The van der Waals surface area contributed by atoms with Crippen LogP contribution in [0.15, 0.2) is 6.07 Å². The van der Waals surface area contributed by atoms with E-state index in [-0.39, 0.29) is 0 Å². The molecule has 1 aliphatic rings. The Balaban J connectivity index is 1.96. The van der Waals surface area contributed by atoms with Crippen molar-refractivity contribution in [2.45, 2.75) is 26.7 Å². The fraction of sp³-hybridized carbons (Fsp3) is 0.600. The maximum atomic E-state index is 9.24. The first kappa shape index (κ1) is 13.8. The molecule has 102 valence electrons. The molecule has 1 aromatic rings. The number of aryl methyl sites for hydroxylation is 2. The third-order valence-electron chi connectivity index (χ3n) is 3.42. The number of nitriles is 1. The van der Waals surface area contributed by atoms with Crippen molar-refractivity contribution in [2.24, 2.45) is 5.92 Å². The number of pyridine rings is 1. The van der Waals surface area contributed by atoms with Crippen molar-refractivity contribution in [2.75, 3.05) is 31.7 Å². The second-order valence-corrected chi connectivity index (χ2v) is 5.33. The van der Waals surface area contributed by atoms with Gasteiger partial charge in [0.05, 0.1) is 12.2 Å². The van der Waals surface area contributed by atoms with Crippen LogP contribution in [0, 0.1) is 31.1 Å². The first-order valence-electron chi connectivity index (χ1n) is 6.79. The molecular weight excluding hydrogens is 238 g/mol. The van der Waals surface area contributed by atoms with Gasteiger partial charge in [0.2, 0.25) is 0 Å². The molecule has 1 heterocycles. The number of aromatic nitrogens is 1. The number of ether oxygens (including phenoxy) is 1. The number of likely N-dealkylation sites (N-methyl/N-ethyl adjacent to an activating group) is 1. The summed E-state index contributed by atoms with van der Waals surface area (Å²) >= 11 is 0. The van der Waals surface area contributed by atoms with E-state index in [1.54, 1.807) is 0 Å². The lowest BCUT2D eigenvalue weighted by Gasteiger charge is -2.20. The van der Waals surface area contributed by atoms with Crippen LogP contribution in [0.1, 0.15) is 29.7 Å². The molecule has 0 radical (unpaired) electrons. The molecule has 19 heavy (non-hydrogen) atoms. The van der Waals surface area contributed by atoms with Crippen LogP contribution in [0.25, 0.3) is 0 Å². The van der Waals surface area contributed by atoms with Gasteiger partial charge >= 0.3 is 0 Å². The molecule has 4 heteroatoms. The first-order valence-corrected chi connectivity index (χ1v) is 6.79. The van der Waals surface area contributed by atoms with Gasteiger partial charge in [-0.3, -0.25) is 0 Å². The third-order valence-corrected chi connectivity index (χ3v) is 3.42. The van der Waals surface area contributed by atoms with Crippen molar-refractivity contribution in [1.29, 1.82) is 5.26 Å². The van der Waals surface area contributed by atoms with Crippen LogP contribution in [-0.2, 0) is 4.74 Å². The van der Waals surface area contributed by atoms with Gasteiger partial charge in [0.25, 0.3) is 0 Å². The normalized spacial score (nSPS) is 14.2. The smallest absolute Gasteiger partial charge is 0.146 e. The zero-order valence-corrected chi connectivity index (χ0v) is 11.9. The predicted octanol–water partition coefficient (Wildman–Crippen LogP) is 2.43. The molecule has 1 fully saturated rings. The monoisotopic (exact) mass is 259 g/mol. The SMILES string of the molecule is Cc1cc(C)c(C#N)c(N(C)CCOCC2CC2)n1. The molecule has 1 aromatic heterocycles. The zero-order chi connectivity index (χ0) is 13.8. The minimum atomic E-state index is 0.662. The van der Waals surface area contributed by atoms with E-state index in [0.29, 0.717) is 12.2 Å². The molecule has 0 spiro atoms. The molecule has 2 rings (SSSR count). The van der Waals surface area contributed by atoms with Crippen molar-refractivity contribution in [3.63, 3.8) is 0 Å². The highest BCUT2D eigenvalue weighted by Crippen LogP contribution is 2.28. The lowest BCUT2D eigenvalue weighted by Crippen LogP contribution is -2.25. The summed E-state index contributed by atoms with van der Waals surface area (Å²) in [5.74, 6) is 1.55. The minimum absolute atomic E-state index is 0.662. The Hall–Kier alpha value is -1.60. The Morgan fingerprint density at radius 1 is 1.47 bits per heavy atom. The highest BCUT2D eigenvalue weighted by atomic mass is 16.5. The fourth-order valence-corrected chi connectivity index (χ4v) is 2.07. The van der Waals surface area contributed by atoms with E-state index >= 15 is 0 Å². The van der Waals surface area contributed by atoms with E-state index < -0.39 is 0 Å². The number of nitrogens with zero attached hydrogens (tertiary/aromatic N) is 3. The first-order chi connectivity index (χ1) is 9.11. The minimum Gasteiger partial charge on any atom is -0.379 e. The lowest BCUT2D eigenvalue weighted by atomic mass is 10.1. The van der Waals surface area contributed by atoms with Crippen molar-refractivity contribution in [1.82, 2.24) is 4.98 Å². The molecule has 0 saturated heterocycles. The summed E-state index contributed by atoms with van der Waals surface area (Å²) in [4.78, 5) is 6.48. The van der Waals surface area contributed by atoms with Crippen LogP contribution in [0.3, 0.4) is 0 Å². The summed E-state index contributed by atoms with van der Waals surface area (Å²) in [7, 11) is 1.96. The fourth-order valence-electron chi connectivity index (χ4n) is 2.07. The van der Waals surface area contributed by atoms with Gasteiger partial charge in [0.1, 0.15) is 11.9 Å². The van der Waals surface area contributed by atoms with E-state index in [0.717, 1.165) is 36.1 Å². The molecule has 0 N–H and O–H groups in total. The van der Waals surface area contributed by atoms with Gasteiger partial charge in [-0.1, -0.05) is 0 Å². The van der Waals surface area contributed by atoms with Gasteiger partial charge in [-0.15, -0.1) is 0 Å². The Morgan fingerprint density at radius 2 is 2.21 bits per heavy atom. The van der Waals surface area contributed by atoms with Crippen LogP contribution in [0.5, 0.6) is 0 Å². The summed E-state index contributed by atoms with van der Waals surface area (Å²) < 4.78 is 5.63. The maximum absolute atomic E-state index is 9.24. The van der Waals surface area contributed by atoms with E-state index in [1.807, 2.05) is 31.9 Å². The number of hydrogen-bond donors (Lipinski definition) is 0. The van der Waals surface area contributed by atoms with E-state index in [4.69, 9.17) is 4.74 Å². The number of anilines is 1. The third kappa shape index (κ3) is 3.68. The van der Waals surface area contributed by atoms with Crippen LogP contribution in [0.2, 0.25) is 0 Å². The summed E-state index contributed by atoms with van der Waals surface area (Å²) in [6, 6.07) is 4.19. The number of rotatable bonds is 6. The summed E-state index contributed by atoms with van der Waals surface area (Å²) in [6.07, 6.45) is 2.63. The van der Waals surface area contributed by atoms with Gasteiger partial charge in [-0.2, -0.15) is 5.26 Å². The lowest BCUT2D eigenvalue weighted by molar-refractivity contribution is 0.131. The van der Waals surface area contributed by atoms with Gasteiger partial charge in [0.15, 0.2) is 0 Å². The molecule has 0 atom stereocenters. The Bertz CT molecular complexity index is 489. The second kappa shape index (κ2) is 6.03. The van der Waals surface area contributed by atoms with Crippen LogP contribution < -0.4 is 4.90 Å². The largest absolute Gasteiger partial charge is 0.379 e. The average Bonchev–Trinajstić information content (AvgIpc) is 3.17. The summed E-state index contributed by atoms with van der Waals surface area (Å²) in [6.45, 7) is 6.23. The molecular formula is C15H21N3O. The topological polar surface area (TPSA) is 49.2 Å². The Morgan fingerprint density at radius 3 is 2.84 bits per heavy atom. The average molecular weight is 259 g/mol. The van der Waals surface area contributed by atoms with Crippen molar-refractivity contribution in [3.05, 3.63) is 22.9 Å². The van der Waals surface area contributed by atoms with Crippen molar-refractivity contribution < 1.29 is 4.74 Å². The highest BCUT2D eigenvalue weighted by molar-refractivity contribution is 5.57. The maximum Gasteiger partial charge on any atom is 0.146 e. The molecule has 0 aliphatic heterocycles. The van der Waals surface area contributed by atoms with Gasteiger partial charge in [-0.05, 0) is 44.2 Å². The molecule has 0 aromatic carbocycles.